The summed E-state index contributed by atoms with van der Waals surface area (Å²) in [5.74, 6) is 2.31. The van der Waals surface area contributed by atoms with Gasteiger partial charge in [0.2, 0.25) is 0 Å². The molecule has 1 rings (SSSR count). The van der Waals surface area contributed by atoms with E-state index in [2.05, 4.69) is 17.3 Å². The SMILES string of the molecule is C#CC.C/C(CCN)=C(/SC/N=C/N)c1cc(C(F)(F)F)cc(C(F)(F)F)c1. The number of aliphatic imine (C=N–C) groups is 1. The van der Waals surface area contributed by atoms with E-state index in [1.54, 1.807) is 13.8 Å². The van der Waals surface area contributed by atoms with E-state index >= 15 is 0 Å². The Kier molecular flexibility index (Phi) is 10.8. The number of hydrogen-bond acceptors (Lipinski definition) is 3. The number of alkyl halides is 6. The molecule has 4 N–H and O–H groups in total. The summed E-state index contributed by atoms with van der Waals surface area (Å²) in [6, 6.07) is 1.50. The fourth-order valence-corrected chi connectivity index (χ4v) is 2.94. The molecule has 0 aliphatic rings. The molecule has 0 saturated carbocycles. The van der Waals surface area contributed by atoms with E-state index in [1.165, 1.54) is 0 Å². The van der Waals surface area contributed by atoms with Crippen LogP contribution in [0.2, 0.25) is 0 Å². The Morgan fingerprint density at radius 1 is 1.14 bits per heavy atom. The van der Waals surface area contributed by atoms with Crippen LogP contribution in [0.25, 0.3) is 4.91 Å². The van der Waals surface area contributed by atoms with Crippen molar-refractivity contribution in [3.05, 3.63) is 40.5 Å². The second kappa shape index (κ2) is 11.7. The molecule has 0 aliphatic heterocycles. The van der Waals surface area contributed by atoms with Crippen LogP contribution in [0.4, 0.5) is 26.3 Å². The largest absolute Gasteiger partial charge is 0.416 e. The summed E-state index contributed by atoms with van der Waals surface area (Å²) in [5.41, 5.74) is 8.23. The van der Waals surface area contributed by atoms with Crippen molar-refractivity contribution in [3.8, 4) is 12.3 Å². The van der Waals surface area contributed by atoms with Gasteiger partial charge in [0.15, 0.2) is 0 Å². The number of rotatable bonds is 6. The monoisotopic (exact) mass is 425 g/mol. The topological polar surface area (TPSA) is 64.4 Å². The molecule has 156 valence electrons. The van der Waals surface area contributed by atoms with Gasteiger partial charge in [0.05, 0.1) is 23.3 Å². The van der Waals surface area contributed by atoms with E-state index in [4.69, 9.17) is 11.5 Å². The highest BCUT2D eigenvalue weighted by atomic mass is 32.2. The first-order valence-corrected chi connectivity index (χ1v) is 8.80. The van der Waals surface area contributed by atoms with Crippen molar-refractivity contribution in [2.45, 2.75) is 32.6 Å². The molecule has 28 heavy (non-hydrogen) atoms. The van der Waals surface area contributed by atoms with Gasteiger partial charge in [-0.2, -0.15) is 26.3 Å². The van der Waals surface area contributed by atoms with E-state index in [-0.39, 0.29) is 29.0 Å². The molecule has 0 bridgehead atoms. The number of terminal acetylenes is 1. The van der Waals surface area contributed by atoms with Gasteiger partial charge in [0, 0.05) is 4.91 Å². The Labute approximate surface area is 164 Å². The van der Waals surface area contributed by atoms with Gasteiger partial charge in [-0.05, 0) is 50.6 Å². The van der Waals surface area contributed by atoms with Crippen LogP contribution in [-0.2, 0) is 12.4 Å². The van der Waals surface area contributed by atoms with Crippen LogP contribution < -0.4 is 11.5 Å². The summed E-state index contributed by atoms with van der Waals surface area (Å²) in [4.78, 5) is 4.00. The van der Waals surface area contributed by atoms with Crippen LogP contribution >= 0.6 is 11.8 Å². The first kappa shape index (κ1) is 25.9. The van der Waals surface area contributed by atoms with Gasteiger partial charge in [-0.3, -0.25) is 4.99 Å². The third-order valence-electron chi connectivity index (χ3n) is 3.15. The molecule has 0 atom stereocenters. The fraction of sp³-hybridized carbons (Fsp3) is 0.389. The highest BCUT2D eigenvalue weighted by Gasteiger charge is 2.37. The van der Waals surface area contributed by atoms with Gasteiger partial charge in [0.25, 0.3) is 0 Å². The average molecular weight is 425 g/mol. The molecule has 0 radical (unpaired) electrons. The lowest BCUT2D eigenvalue weighted by atomic mass is 10.0. The quantitative estimate of drug-likeness (QED) is 0.288. The minimum atomic E-state index is -4.90. The zero-order chi connectivity index (χ0) is 22.0. The lowest BCUT2D eigenvalue weighted by molar-refractivity contribution is -0.143. The average Bonchev–Trinajstić information content (AvgIpc) is 2.57. The molecule has 0 heterocycles. The zero-order valence-electron chi connectivity index (χ0n) is 15.3. The van der Waals surface area contributed by atoms with E-state index in [9.17, 15) is 26.3 Å². The molecule has 0 amide bonds. The Bertz CT molecular complexity index is 698. The number of halogens is 6. The predicted octanol–water partition coefficient (Wildman–Crippen LogP) is 5.12. The van der Waals surface area contributed by atoms with Crippen molar-refractivity contribution in [1.82, 2.24) is 0 Å². The minimum absolute atomic E-state index is 0.0609. The molecule has 10 heteroatoms. The first-order chi connectivity index (χ1) is 12.9. The number of benzene rings is 1. The molecular weight excluding hydrogens is 404 g/mol. The fourth-order valence-electron chi connectivity index (χ4n) is 2.01. The number of hydrogen-bond donors (Lipinski definition) is 2. The molecule has 0 spiro atoms. The molecule has 0 fully saturated rings. The highest BCUT2D eigenvalue weighted by Crippen LogP contribution is 2.40. The van der Waals surface area contributed by atoms with Crippen LogP contribution in [0, 0.1) is 12.3 Å². The van der Waals surface area contributed by atoms with Crippen molar-refractivity contribution in [1.29, 1.82) is 0 Å². The maximum Gasteiger partial charge on any atom is 0.416 e. The maximum absolute atomic E-state index is 13.0. The molecule has 0 aromatic heterocycles. The second-order valence-electron chi connectivity index (χ2n) is 5.34. The van der Waals surface area contributed by atoms with Gasteiger partial charge in [-0.15, -0.1) is 24.1 Å². The van der Waals surface area contributed by atoms with Crippen molar-refractivity contribution < 1.29 is 26.3 Å². The summed E-state index contributed by atoms with van der Waals surface area (Å²) in [6.45, 7) is 3.47. The lowest BCUT2D eigenvalue weighted by Crippen LogP contribution is -2.12. The Balaban J connectivity index is 0.00000227. The maximum atomic E-state index is 13.0. The minimum Gasteiger partial charge on any atom is -0.390 e. The molecule has 0 unspecified atom stereocenters. The van der Waals surface area contributed by atoms with Crippen LogP contribution in [0.5, 0.6) is 0 Å². The van der Waals surface area contributed by atoms with E-state index in [0.29, 0.717) is 24.1 Å². The third-order valence-corrected chi connectivity index (χ3v) is 4.30. The normalized spacial score (nSPS) is 12.9. The molecule has 0 saturated heterocycles. The number of nitrogens with two attached hydrogens (primary N) is 2. The van der Waals surface area contributed by atoms with Gasteiger partial charge in [-0.25, -0.2) is 0 Å². The van der Waals surface area contributed by atoms with Gasteiger partial charge >= 0.3 is 12.4 Å². The van der Waals surface area contributed by atoms with Gasteiger partial charge in [-0.1, -0.05) is 5.57 Å². The summed E-state index contributed by atoms with van der Waals surface area (Å²) >= 11 is 0.997. The molecule has 1 aromatic carbocycles. The van der Waals surface area contributed by atoms with E-state index < -0.39 is 23.5 Å². The van der Waals surface area contributed by atoms with Crippen molar-refractivity contribution >= 4 is 23.0 Å². The summed E-state index contributed by atoms with van der Waals surface area (Å²) in [7, 11) is 0. The van der Waals surface area contributed by atoms with E-state index in [1.807, 2.05) is 0 Å². The standard InChI is InChI=1S/C15H17F6N3S.C3H4/c1-9(2-3-22)13(25-8-24-7-23)10-4-11(14(16,17)18)6-12(5-10)15(19,20)21;1-3-2/h4-7H,2-3,8,22H2,1H3,(H2,23,24);1H,2H3/b13-9-;. The third kappa shape index (κ3) is 8.71. The van der Waals surface area contributed by atoms with Crippen molar-refractivity contribution in [3.63, 3.8) is 0 Å². The summed E-state index contributed by atoms with van der Waals surface area (Å²) in [6.07, 6.45) is -3.87. The van der Waals surface area contributed by atoms with Crippen molar-refractivity contribution in [2.24, 2.45) is 16.5 Å². The van der Waals surface area contributed by atoms with Crippen LogP contribution in [0.15, 0.2) is 28.8 Å². The summed E-state index contributed by atoms with van der Waals surface area (Å²) < 4.78 is 78.0. The van der Waals surface area contributed by atoms with Crippen LogP contribution in [-0.4, -0.2) is 18.8 Å². The Morgan fingerprint density at radius 3 is 1.96 bits per heavy atom. The molecule has 1 aromatic rings. The van der Waals surface area contributed by atoms with E-state index in [0.717, 1.165) is 18.1 Å². The Hall–Kier alpha value is -2.12. The van der Waals surface area contributed by atoms with Gasteiger partial charge in [0.1, 0.15) is 0 Å². The molecular formula is C18H21F6N3S. The predicted molar refractivity (Wildman–Crippen MR) is 102 cm³/mol. The zero-order valence-corrected chi connectivity index (χ0v) is 16.1. The Morgan fingerprint density at radius 2 is 1.61 bits per heavy atom. The van der Waals surface area contributed by atoms with Crippen LogP contribution in [0.3, 0.4) is 0 Å². The smallest absolute Gasteiger partial charge is 0.390 e. The number of nitrogens with zero attached hydrogens (tertiary/aromatic N) is 1. The van der Waals surface area contributed by atoms with Crippen LogP contribution in [0.1, 0.15) is 37.0 Å². The van der Waals surface area contributed by atoms with Crippen molar-refractivity contribution in [2.75, 3.05) is 12.4 Å². The first-order valence-electron chi connectivity index (χ1n) is 7.82. The second-order valence-corrected chi connectivity index (χ2v) is 6.29. The molecule has 3 nitrogen and oxygen atoms in total. The lowest BCUT2D eigenvalue weighted by Gasteiger charge is -2.17. The molecule has 0 aliphatic carbocycles. The highest BCUT2D eigenvalue weighted by molar-refractivity contribution is 8.08. The van der Waals surface area contributed by atoms with Gasteiger partial charge < -0.3 is 11.5 Å². The summed E-state index contributed by atoms with van der Waals surface area (Å²) in [5, 5.41) is 0. The number of thioether (sulfide) groups is 1.